The van der Waals surface area contributed by atoms with Crippen molar-refractivity contribution in [2.45, 2.75) is 12.8 Å². The lowest BCUT2D eigenvalue weighted by Crippen LogP contribution is -2.06. The van der Waals surface area contributed by atoms with Crippen LogP contribution in [0.1, 0.15) is 18.7 Å². The normalized spacial score (nSPS) is 13.4. The number of aromatic nitrogens is 4. The number of hydrogen-bond acceptors (Lipinski definition) is 3. The van der Waals surface area contributed by atoms with Gasteiger partial charge in [-0.3, -0.25) is 0 Å². The number of fused-ring (bicyclic) bond motifs is 6. The van der Waals surface area contributed by atoms with E-state index in [2.05, 4.69) is 162 Å². The van der Waals surface area contributed by atoms with Gasteiger partial charge in [0.1, 0.15) is 0 Å². The third-order valence-electron chi connectivity index (χ3n) is 9.94. The first-order valence-electron chi connectivity index (χ1n) is 16.8. The molecule has 7 aromatic carbocycles. The fraction of sp³-hybridized carbons (Fsp3) is 0.0444. The molecule has 0 amide bonds. The lowest BCUT2D eigenvalue weighted by atomic mass is 10.00. The van der Waals surface area contributed by atoms with Crippen LogP contribution < -0.4 is 0 Å². The molecule has 0 aliphatic heterocycles. The fourth-order valence-corrected chi connectivity index (χ4v) is 7.56. The second kappa shape index (κ2) is 11.1. The van der Waals surface area contributed by atoms with E-state index in [-0.39, 0.29) is 0 Å². The van der Waals surface area contributed by atoms with Gasteiger partial charge in [0.15, 0.2) is 17.5 Å². The lowest BCUT2D eigenvalue weighted by molar-refractivity contribution is 0.955. The van der Waals surface area contributed by atoms with Gasteiger partial charge in [-0.05, 0) is 75.0 Å². The van der Waals surface area contributed by atoms with E-state index >= 15 is 0 Å². The van der Waals surface area contributed by atoms with Crippen LogP contribution in [0.2, 0.25) is 0 Å². The number of nitrogens with zero attached hydrogens (tertiary/aromatic N) is 4. The van der Waals surface area contributed by atoms with Gasteiger partial charge in [0.25, 0.3) is 0 Å². The van der Waals surface area contributed by atoms with Crippen LogP contribution in [-0.4, -0.2) is 19.5 Å². The van der Waals surface area contributed by atoms with Crippen molar-refractivity contribution in [3.63, 3.8) is 0 Å². The van der Waals surface area contributed by atoms with Crippen molar-refractivity contribution in [1.29, 1.82) is 0 Å². The zero-order valence-electron chi connectivity index (χ0n) is 26.7. The van der Waals surface area contributed by atoms with E-state index in [1.807, 2.05) is 0 Å². The van der Waals surface area contributed by atoms with Crippen LogP contribution in [0.25, 0.3) is 88.2 Å². The molecule has 4 heteroatoms. The Morgan fingerprint density at radius 1 is 0.388 bits per heavy atom. The second-order valence-electron chi connectivity index (χ2n) is 12.8. The molecular weight excluding hydrogens is 597 g/mol. The Morgan fingerprint density at radius 3 is 1.55 bits per heavy atom. The predicted molar refractivity (Wildman–Crippen MR) is 204 cm³/mol. The monoisotopic (exact) mass is 626 g/mol. The highest BCUT2D eigenvalue weighted by Gasteiger charge is 2.20. The van der Waals surface area contributed by atoms with E-state index in [0.29, 0.717) is 11.6 Å². The van der Waals surface area contributed by atoms with Gasteiger partial charge in [-0.15, -0.1) is 0 Å². The van der Waals surface area contributed by atoms with E-state index in [1.54, 1.807) is 0 Å². The van der Waals surface area contributed by atoms with Gasteiger partial charge in [0, 0.05) is 27.6 Å². The Labute approximate surface area is 283 Å². The standard InChI is InChI=1S/C45H30N4/c1-2-14-33-28-42-40(27-32(33)13-1)37-19-7-8-22-41(37)49(42)34-25-23-31(24-26-34)43-46-44(38-20-9-15-29-11-3-5-17-35(29)38)48-45(47-43)39-21-10-16-30-12-4-6-18-36(30)39/h1-23,25,27-28H,24,26H2. The van der Waals surface area contributed by atoms with Crippen LogP contribution >= 0.6 is 0 Å². The molecule has 0 radical (unpaired) electrons. The molecule has 0 unspecified atom stereocenters. The van der Waals surface area contributed by atoms with Crippen molar-refractivity contribution < 1.29 is 0 Å². The van der Waals surface area contributed by atoms with Crippen molar-refractivity contribution in [1.82, 2.24) is 19.5 Å². The third kappa shape index (κ3) is 4.56. The fourth-order valence-electron chi connectivity index (χ4n) is 7.56. The maximum absolute atomic E-state index is 5.18. The molecule has 230 valence electrons. The van der Waals surface area contributed by atoms with Crippen LogP contribution in [0.3, 0.4) is 0 Å². The number of hydrogen-bond donors (Lipinski definition) is 0. The Balaban J connectivity index is 1.16. The molecule has 0 N–H and O–H groups in total. The summed E-state index contributed by atoms with van der Waals surface area (Å²) in [6.07, 6.45) is 6.17. The zero-order chi connectivity index (χ0) is 32.3. The molecular formula is C45H30N4. The van der Waals surface area contributed by atoms with Gasteiger partial charge in [0.05, 0.1) is 11.0 Å². The first kappa shape index (κ1) is 27.7. The molecule has 10 rings (SSSR count). The third-order valence-corrected chi connectivity index (χ3v) is 9.94. The summed E-state index contributed by atoms with van der Waals surface area (Å²) in [5, 5.41) is 9.65. The molecule has 4 nitrogen and oxygen atoms in total. The van der Waals surface area contributed by atoms with Crippen LogP contribution in [0.15, 0.2) is 158 Å². The minimum atomic E-state index is 0.690. The van der Waals surface area contributed by atoms with E-state index < -0.39 is 0 Å². The van der Waals surface area contributed by atoms with Crippen molar-refractivity contribution >= 4 is 65.4 Å². The minimum absolute atomic E-state index is 0.690. The van der Waals surface area contributed by atoms with Gasteiger partial charge in [-0.1, -0.05) is 133 Å². The summed E-state index contributed by atoms with van der Waals surface area (Å²) in [5.41, 5.74) is 6.86. The molecule has 1 aliphatic carbocycles. The highest BCUT2D eigenvalue weighted by molar-refractivity contribution is 6.14. The maximum atomic E-state index is 5.18. The summed E-state index contributed by atoms with van der Waals surface area (Å²) in [6.45, 7) is 0. The van der Waals surface area contributed by atoms with Gasteiger partial charge < -0.3 is 4.57 Å². The molecule has 0 atom stereocenters. The van der Waals surface area contributed by atoms with Crippen LogP contribution in [0.5, 0.6) is 0 Å². The Hall–Kier alpha value is -6.39. The highest BCUT2D eigenvalue weighted by Crippen LogP contribution is 2.39. The van der Waals surface area contributed by atoms with Gasteiger partial charge in [0.2, 0.25) is 0 Å². The Kier molecular flexibility index (Phi) is 6.28. The molecule has 2 aromatic heterocycles. The van der Waals surface area contributed by atoms with E-state index in [4.69, 9.17) is 15.0 Å². The molecule has 0 spiro atoms. The zero-order valence-corrected chi connectivity index (χ0v) is 26.7. The molecule has 0 saturated carbocycles. The molecule has 0 fully saturated rings. The van der Waals surface area contributed by atoms with E-state index in [1.165, 1.54) is 38.3 Å². The smallest absolute Gasteiger partial charge is 0.164 e. The second-order valence-corrected chi connectivity index (χ2v) is 12.8. The van der Waals surface area contributed by atoms with Crippen LogP contribution in [0, 0.1) is 0 Å². The van der Waals surface area contributed by atoms with Gasteiger partial charge in [-0.25, -0.2) is 15.0 Å². The highest BCUT2D eigenvalue weighted by atomic mass is 15.0. The SMILES string of the molecule is C1=C(c2nc(-c3cccc4ccccc34)nc(-c3cccc4ccccc34)n2)CCC(n2c3ccccc3c3cc4ccccc4cc32)=C1. The molecule has 0 bridgehead atoms. The number of allylic oxidation sites excluding steroid dienone is 4. The van der Waals surface area contributed by atoms with Crippen molar-refractivity contribution in [2.24, 2.45) is 0 Å². The quantitative estimate of drug-likeness (QED) is 0.195. The van der Waals surface area contributed by atoms with Crippen LogP contribution in [0.4, 0.5) is 0 Å². The largest absolute Gasteiger partial charge is 0.313 e. The summed E-state index contributed by atoms with van der Waals surface area (Å²) >= 11 is 0. The summed E-state index contributed by atoms with van der Waals surface area (Å²) < 4.78 is 2.45. The first-order chi connectivity index (χ1) is 24.3. The first-order valence-corrected chi connectivity index (χ1v) is 16.8. The maximum Gasteiger partial charge on any atom is 0.164 e. The summed E-state index contributed by atoms with van der Waals surface area (Å²) in [6, 6.07) is 51.6. The Bertz CT molecular complexity index is 2730. The number of para-hydroxylation sites is 1. The average molecular weight is 627 g/mol. The number of rotatable bonds is 4. The molecule has 9 aromatic rings. The van der Waals surface area contributed by atoms with Gasteiger partial charge >= 0.3 is 0 Å². The van der Waals surface area contributed by atoms with Crippen molar-refractivity contribution in [2.75, 3.05) is 0 Å². The lowest BCUT2D eigenvalue weighted by Gasteiger charge is -2.18. The van der Waals surface area contributed by atoms with E-state index in [9.17, 15) is 0 Å². The predicted octanol–water partition coefficient (Wildman–Crippen LogP) is 11.5. The van der Waals surface area contributed by atoms with E-state index in [0.717, 1.165) is 56.9 Å². The Morgan fingerprint density at radius 2 is 0.918 bits per heavy atom. The van der Waals surface area contributed by atoms with Crippen LogP contribution in [-0.2, 0) is 0 Å². The summed E-state index contributed by atoms with van der Waals surface area (Å²) in [7, 11) is 0. The summed E-state index contributed by atoms with van der Waals surface area (Å²) in [4.78, 5) is 15.5. The number of benzene rings is 7. The molecule has 1 aliphatic rings. The van der Waals surface area contributed by atoms with Crippen molar-refractivity contribution in [3.8, 4) is 22.8 Å². The minimum Gasteiger partial charge on any atom is -0.313 e. The van der Waals surface area contributed by atoms with Crippen molar-refractivity contribution in [3.05, 3.63) is 164 Å². The molecule has 0 saturated heterocycles. The summed E-state index contributed by atoms with van der Waals surface area (Å²) in [5.74, 6) is 2.11. The molecule has 49 heavy (non-hydrogen) atoms. The van der Waals surface area contributed by atoms with Gasteiger partial charge in [-0.2, -0.15) is 0 Å². The molecule has 2 heterocycles. The average Bonchev–Trinajstić information content (AvgIpc) is 3.49. The topological polar surface area (TPSA) is 43.6 Å².